The van der Waals surface area contributed by atoms with Gasteiger partial charge in [-0.05, 0) is 43.7 Å². The van der Waals surface area contributed by atoms with Crippen molar-refractivity contribution in [1.29, 1.82) is 0 Å². The number of nitrogens with one attached hydrogen (secondary N) is 2. The Morgan fingerprint density at radius 1 is 0.912 bits per heavy atom. The highest BCUT2D eigenvalue weighted by Gasteiger charge is 2.25. The molecule has 2 unspecified atom stereocenters. The Labute approximate surface area is 198 Å². The molecule has 1 heterocycles. The van der Waals surface area contributed by atoms with Crippen LogP contribution in [0.5, 0.6) is 5.75 Å². The van der Waals surface area contributed by atoms with Crippen LogP contribution >= 0.6 is 0 Å². The number of hydrogen-bond donors (Lipinski definition) is 2. The molecule has 0 radical (unpaired) electrons. The average molecular weight is 457 g/mol. The highest BCUT2D eigenvalue weighted by molar-refractivity contribution is 5.97. The number of fused-ring (bicyclic) bond motifs is 1. The number of hydrogen-bond acceptors (Lipinski definition) is 4. The van der Waals surface area contributed by atoms with E-state index < -0.39 is 12.1 Å². The Kier molecular flexibility index (Phi) is 7.28. The summed E-state index contributed by atoms with van der Waals surface area (Å²) in [6.45, 7) is 4.31. The summed E-state index contributed by atoms with van der Waals surface area (Å²) in [4.78, 5) is 26.1. The molecule has 0 saturated heterocycles. The molecule has 4 aromatic rings. The standard InChI is InChI=1S/C28H28N2O4/c1-3-33-24-16-10-15-22-18-25(34-26(22)24)19(2)29-28(32)23(17-20-11-6-4-7-12-20)30-27(31)21-13-8-5-9-14-21/h4-16,18-19,23H,3,17H2,1-2H3,(H,29,32)(H,30,31). The minimum absolute atomic E-state index is 0.286. The lowest BCUT2D eigenvalue weighted by Gasteiger charge is -2.21. The van der Waals surface area contributed by atoms with Crippen molar-refractivity contribution in [1.82, 2.24) is 10.6 Å². The van der Waals surface area contributed by atoms with Crippen LogP contribution in [-0.2, 0) is 11.2 Å². The van der Waals surface area contributed by atoms with Crippen molar-refractivity contribution in [2.24, 2.45) is 0 Å². The van der Waals surface area contributed by atoms with Gasteiger partial charge in [0.1, 0.15) is 11.8 Å². The zero-order valence-electron chi connectivity index (χ0n) is 19.3. The summed E-state index contributed by atoms with van der Waals surface area (Å²) in [5.41, 5.74) is 2.11. The second kappa shape index (κ2) is 10.7. The van der Waals surface area contributed by atoms with E-state index in [1.54, 1.807) is 24.3 Å². The third-order valence-electron chi connectivity index (χ3n) is 5.55. The van der Waals surface area contributed by atoms with E-state index in [-0.39, 0.29) is 11.8 Å². The normalized spacial score (nSPS) is 12.6. The van der Waals surface area contributed by atoms with Crippen molar-refractivity contribution in [2.45, 2.75) is 32.4 Å². The fourth-order valence-corrected chi connectivity index (χ4v) is 3.81. The van der Waals surface area contributed by atoms with Gasteiger partial charge >= 0.3 is 0 Å². The largest absolute Gasteiger partial charge is 0.490 e. The zero-order valence-corrected chi connectivity index (χ0v) is 19.3. The fourth-order valence-electron chi connectivity index (χ4n) is 3.81. The molecule has 2 amide bonds. The van der Waals surface area contributed by atoms with Gasteiger partial charge in [-0.1, -0.05) is 60.7 Å². The number of para-hydroxylation sites is 1. The van der Waals surface area contributed by atoms with Crippen LogP contribution in [0.15, 0.2) is 89.3 Å². The lowest BCUT2D eigenvalue weighted by atomic mass is 10.0. The quantitative estimate of drug-likeness (QED) is 0.369. The van der Waals surface area contributed by atoms with E-state index in [0.29, 0.717) is 35.7 Å². The van der Waals surface area contributed by atoms with Gasteiger partial charge < -0.3 is 19.8 Å². The topological polar surface area (TPSA) is 80.6 Å². The highest BCUT2D eigenvalue weighted by Crippen LogP contribution is 2.31. The third-order valence-corrected chi connectivity index (χ3v) is 5.55. The van der Waals surface area contributed by atoms with Gasteiger partial charge in [-0.25, -0.2) is 0 Å². The van der Waals surface area contributed by atoms with Gasteiger partial charge in [0.2, 0.25) is 5.91 Å². The zero-order chi connectivity index (χ0) is 23.9. The number of ether oxygens (including phenoxy) is 1. The summed E-state index contributed by atoms with van der Waals surface area (Å²) < 4.78 is 11.7. The average Bonchev–Trinajstić information content (AvgIpc) is 3.31. The Bertz CT molecular complexity index is 1250. The van der Waals surface area contributed by atoms with Crippen LogP contribution in [0.2, 0.25) is 0 Å². The van der Waals surface area contributed by atoms with Crippen LogP contribution in [0.3, 0.4) is 0 Å². The summed E-state index contributed by atoms with van der Waals surface area (Å²) >= 11 is 0. The number of carbonyl (C=O) groups excluding carboxylic acids is 2. The van der Waals surface area contributed by atoms with Crippen molar-refractivity contribution >= 4 is 22.8 Å². The predicted molar refractivity (Wildman–Crippen MR) is 132 cm³/mol. The maximum atomic E-state index is 13.3. The first-order chi connectivity index (χ1) is 16.5. The highest BCUT2D eigenvalue weighted by atomic mass is 16.5. The van der Waals surface area contributed by atoms with Gasteiger partial charge in [-0.15, -0.1) is 0 Å². The Morgan fingerprint density at radius 3 is 2.32 bits per heavy atom. The smallest absolute Gasteiger partial charge is 0.251 e. The van der Waals surface area contributed by atoms with Crippen LogP contribution in [0.4, 0.5) is 0 Å². The van der Waals surface area contributed by atoms with E-state index in [1.165, 1.54) is 0 Å². The first kappa shape index (κ1) is 23.1. The number of furan rings is 1. The first-order valence-corrected chi connectivity index (χ1v) is 11.4. The van der Waals surface area contributed by atoms with Crippen molar-refractivity contribution in [3.63, 3.8) is 0 Å². The molecular formula is C28H28N2O4. The molecule has 2 atom stereocenters. The molecular weight excluding hydrogens is 428 g/mol. The van der Waals surface area contributed by atoms with Gasteiger partial charge in [-0.3, -0.25) is 9.59 Å². The van der Waals surface area contributed by atoms with Crippen LogP contribution in [0, 0.1) is 0 Å². The van der Waals surface area contributed by atoms with Crippen molar-refractivity contribution < 1.29 is 18.7 Å². The first-order valence-electron chi connectivity index (χ1n) is 11.4. The van der Waals surface area contributed by atoms with E-state index in [0.717, 1.165) is 10.9 Å². The maximum absolute atomic E-state index is 13.3. The van der Waals surface area contributed by atoms with Crippen LogP contribution in [0.25, 0.3) is 11.0 Å². The molecule has 0 saturated carbocycles. The lowest BCUT2D eigenvalue weighted by molar-refractivity contribution is -0.123. The third kappa shape index (κ3) is 5.46. The number of rotatable bonds is 9. The number of carbonyl (C=O) groups is 2. The van der Waals surface area contributed by atoms with Gasteiger partial charge in [0, 0.05) is 17.4 Å². The second-order valence-electron chi connectivity index (χ2n) is 8.07. The molecule has 4 rings (SSSR count). The summed E-state index contributed by atoms with van der Waals surface area (Å²) in [7, 11) is 0. The molecule has 0 bridgehead atoms. The van der Waals surface area contributed by atoms with E-state index >= 15 is 0 Å². The summed E-state index contributed by atoms with van der Waals surface area (Å²) in [6.07, 6.45) is 0.368. The molecule has 0 fully saturated rings. The molecule has 0 aliphatic heterocycles. The molecule has 174 valence electrons. The molecule has 0 spiro atoms. The van der Waals surface area contributed by atoms with E-state index in [9.17, 15) is 9.59 Å². The molecule has 34 heavy (non-hydrogen) atoms. The van der Waals surface area contributed by atoms with Crippen LogP contribution in [0.1, 0.15) is 41.6 Å². The number of benzene rings is 3. The second-order valence-corrected chi connectivity index (χ2v) is 8.07. The van der Waals surface area contributed by atoms with Gasteiger partial charge in [0.15, 0.2) is 11.3 Å². The summed E-state index contributed by atoms with van der Waals surface area (Å²) in [5, 5.41) is 6.79. The predicted octanol–water partition coefficient (Wildman–Crippen LogP) is 5.05. The van der Waals surface area contributed by atoms with E-state index in [4.69, 9.17) is 9.15 Å². The monoisotopic (exact) mass is 456 g/mol. The summed E-state index contributed by atoms with van der Waals surface area (Å²) in [6, 6.07) is 25.0. The van der Waals surface area contributed by atoms with Gasteiger partial charge in [0.25, 0.3) is 5.91 Å². The molecule has 2 N–H and O–H groups in total. The van der Waals surface area contributed by atoms with Crippen LogP contribution < -0.4 is 15.4 Å². The van der Waals surface area contributed by atoms with E-state index in [1.807, 2.05) is 74.5 Å². The lowest BCUT2D eigenvalue weighted by Crippen LogP contribution is -2.48. The molecule has 6 heteroatoms. The van der Waals surface area contributed by atoms with Crippen molar-refractivity contribution in [3.05, 3.63) is 102 Å². The molecule has 6 nitrogen and oxygen atoms in total. The minimum Gasteiger partial charge on any atom is -0.490 e. The van der Waals surface area contributed by atoms with E-state index in [2.05, 4.69) is 10.6 Å². The molecule has 0 aliphatic carbocycles. The Hall–Kier alpha value is -4.06. The SMILES string of the molecule is CCOc1cccc2cc(C(C)NC(=O)C(Cc3ccccc3)NC(=O)c3ccccc3)oc12. The molecule has 0 aliphatic rings. The molecule has 3 aromatic carbocycles. The minimum atomic E-state index is -0.749. The fraction of sp³-hybridized carbons (Fsp3) is 0.214. The molecule has 1 aromatic heterocycles. The van der Waals surface area contributed by atoms with Crippen molar-refractivity contribution in [2.75, 3.05) is 6.61 Å². The Morgan fingerprint density at radius 2 is 1.62 bits per heavy atom. The number of amides is 2. The van der Waals surface area contributed by atoms with Crippen LogP contribution in [-0.4, -0.2) is 24.5 Å². The summed E-state index contributed by atoms with van der Waals surface area (Å²) in [5.74, 6) is 0.700. The maximum Gasteiger partial charge on any atom is 0.251 e. The Balaban J connectivity index is 1.53. The van der Waals surface area contributed by atoms with Crippen molar-refractivity contribution in [3.8, 4) is 5.75 Å². The van der Waals surface area contributed by atoms with Gasteiger partial charge in [0.05, 0.1) is 12.6 Å². The van der Waals surface area contributed by atoms with Gasteiger partial charge in [-0.2, -0.15) is 0 Å².